The first kappa shape index (κ1) is 15.9. The highest BCUT2D eigenvalue weighted by molar-refractivity contribution is 7.92. The summed E-state index contributed by atoms with van der Waals surface area (Å²) in [6.07, 6.45) is 1.50. The van der Waals surface area contributed by atoms with Crippen LogP contribution < -0.4 is 4.31 Å². The smallest absolute Gasteiger partial charge is 0.261 e. The zero-order chi connectivity index (χ0) is 15.5. The van der Waals surface area contributed by atoms with Crippen LogP contribution in [0, 0.1) is 0 Å². The highest BCUT2D eigenvalue weighted by Gasteiger charge is 2.26. The van der Waals surface area contributed by atoms with E-state index < -0.39 is 10.0 Å². The maximum Gasteiger partial charge on any atom is 0.264 e. The van der Waals surface area contributed by atoms with Gasteiger partial charge in [-0.05, 0) is 24.3 Å². The van der Waals surface area contributed by atoms with Crippen molar-refractivity contribution in [2.75, 3.05) is 10.8 Å². The number of hydrogen-bond acceptors (Lipinski definition) is 2. The summed E-state index contributed by atoms with van der Waals surface area (Å²) in [6, 6.07) is 13.0. The van der Waals surface area contributed by atoms with Crippen LogP contribution in [0.4, 0.5) is 5.69 Å². The summed E-state index contributed by atoms with van der Waals surface area (Å²) in [7, 11) is -3.74. The Morgan fingerprint density at radius 1 is 1.05 bits per heavy atom. The van der Waals surface area contributed by atoms with Crippen molar-refractivity contribution in [2.45, 2.75) is 4.90 Å². The third kappa shape index (κ3) is 3.23. The van der Waals surface area contributed by atoms with Gasteiger partial charge >= 0.3 is 0 Å². The summed E-state index contributed by atoms with van der Waals surface area (Å²) in [6.45, 7) is 3.70. The second-order valence-corrected chi connectivity index (χ2v) is 6.86. The first-order valence-electron chi connectivity index (χ1n) is 6.11. The predicted octanol–water partition coefficient (Wildman–Crippen LogP) is 4.37. The fraction of sp³-hybridized carbons (Fsp3) is 0.0667. The molecule has 21 heavy (non-hydrogen) atoms. The van der Waals surface area contributed by atoms with Crippen LogP contribution in [0.3, 0.4) is 0 Å². The Bertz CT molecular complexity index is 746. The largest absolute Gasteiger partial charge is 0.264 e. The van der Waals surface area contributed by atoms with Crippen LogP contribution in [0.1, 0.15) is 0 Å². The van der Waals surface area contributed by atoms with Gasteiger partial charge in [0.05, 0.1) is 27.2 Å². The number of rotatable bonds is 5. The Morgan fingerprint density at radius 3 is 2.33 bits per heavy atom. The van der Waals surface area contributed by atoms with E-state index in [0.717, 1.165) is 0 Å². The van der Waals surface area contributed by atoms with Crippen LogP contribution in [0.2, 0.25) is 10.0 Å². The molecule has 2 aromatic carbocycles. The van der Waals surface area contributed by atoms with Crippen molar-refractivity contribution in [3.05, 3.63) is 71.2 Å². The molecule has 0 aromatic heterocycles. The molecule has 0 aliphatic carbocycles. The van der Waals surface area contributed by atoms with Gasteiger partial charge in [0, 0.05) is 0 Å². The Hall–Kier alpha value is -1.49. The van der Waals surface area contributed by atoms with Gasteiger partial charge in [0.2, 0.25) is 0 Å². The van der Waals surface area contributed by atoms with Gasteiger partial charge in [-0.1, -0.05) is 53.5 Å². The molecule has 0 fully saturated rings. The molecule has 0 aliphatic heterocycles. The zero-order valence-corrected chi connectivity index (χ0v) is 13.4. The van der Waals surface area contributed by atoms with E-state index in [1.807, 2.05) is 0 Å². The maximum atomic E-state index is 12.8. The lowest BCUT2D eigenvalue weighted by molar-refractivity contribution is 0.593. The number of halogens is 2. The first-order chi connectivity index (χ1) is 9.98. The van der Waals surface area contributed by atoms with Gasteiger partial charge in [0.1, 0.15) is 0 Å². The minimum Gasteiger partial charge on any atom is -0.261 e. The summed E-state index contributed by atoms with van der Waals surface area (Å²) < 4.78 is 26.7. The van der Waals surface area contributed by atoms with E-state index in [-0.39, 0.29) is 16.5 Å². The van der Waals surface area contributed by atoms with Crippen molar-refractivity contribution in [2.24, 2.45) is 0 Å². The van der Waals surface area contributed by atoms with Crippen LogP contribution in [0.5, 0.6) is 0 Å². The second kappa shape index (κ2) is 6.52. The van der Waals surface area contributed by atoms with Gasteiger partial charge < -0.3 is 0 Å². The van der Waals surface area contributed by atoms with Crippen LogP contribution in [0.25, 0.3) is 0 Å². The molecule has 0 aliphatic rings. The molecule has 3 nitrogen and oxygen atoms in total. The minimum absolute atomic E-state index is 0.0945. The van der Waals surface area contributed by atoms with E-state index in [2.05, 4.69) is 6.58 Å². The summed E-state index contributed by atoms with van der Waals surface area (Å²) in [5.74, 6) is 0. The number of anilines is 1. The molecule has 0 N–H and O–H groups in total. The number of hydrogen-bond donors (Lipinski definition) is 0. The van der Waals surface area contributed by atoms with Crippen molar-refractivity contribution in [1.29, 1.82) is 0 Å². The lowest BCUT2D eigenvalue weighted by Gasteiger charge is -2.24. The average Bonchev–Trinajstić information content (AvgIpc) is 2.49. The molecule has 0 amide bonds. The Balaban J connectivity index is 2.59. The Kier molecular flexibility index (Phi) is 4.93. The molecule has 0 saturated heterocycles. The molecule has 110 valence electrons. The SMILES string of the molecule is C=CCN(c1cccc(Cl)c1Cl)S(=O)(=O)c1ccccc1. The third-order valence-corrected chi connectivity index (χ3v) is 5.43. The van der Waals surface area contributed by atoms with Crippen molar-refractivity contribution in [1.82, 2.24) is 0 Å². The molecular weight excluding hydrogens is 329 g/mol. The molecule has 0 spiro atoms. The molecule has 6 heteroatoms. The van der Waals surface area contributed by atoms with E-state index in [1.165, 1.54) is 22.5 Å². The van der Waals surface area contributed by atoms with E-state index in [1.54, 1.807) is 36.4 Å². The van der Waals surface area contributed by atoms with Gasteiger partial charge in [-0.15, -0.1) is 6.58 Å². The standard InChI is InChI=1S/C15H13Cl2NO2S/c1-2-11-18(14-10-6-9-13(16)15(14)17)21(19,20)12-7-4-3-5-8-12/h2-10H,1,11H2. The molecule has 0 unspecified atom stereocenters. The third-order valence-electron chi connectivity index (χ3n) is 2.83. The Labute approximate surface area is 134 Å². The van der Waals surface area contributed by atoms with E-state index in [4.69, 9.17) is 23.2 Å². The van der Waals surface area contributed by atoms with E-state index in [9.17, 15) is 8.42 Å². The minimum atomic E-state index is -3.74. The zero-order valence-electron chi connectivity index (χ0n) is 11.0. The van der Waals surface area contributed by atoms with Gasteiger partial charge in [-0.2, -0.15) is 0 Å². The summed E-state index contributed by atoms with van der Waals surface area (Å²) >= 11 is 12.1. The van der Waals surface area contributed by atoms with Crippen molar-refractivity contribution in [3.63, 3.8) is 0 Å². The van der Waals surface area contributed by atoms with Crippen LogP contribution >= 0.6 is 23.2 Å². The molecule has 0 bridgehead atoms. The topological polar surface area (TPSA) is 37.4 Å². The van der Waals surface area contributed by atoms with Crippen molar-refractivity contribution >= 4 is 38.9 Å². The number of nitrogens with zero attached hydrogens (tertiary/aromatic N) is 1. The average molecular weight is 342 g/mol. The molecule has 2 rings (SSSR count). The van der Waals surface area contributed by atoms with Gasteiger partial charge in [-0.25, -0.2) is 8.42 Å². The van der Waals surface area contributed by atoms with Gasteiger partial charge in [-0.3, -0.25) is 4.31 Å². The summed E-state index contributed by atoms with van der Waals surface area (Å²) in [5.41, 5.74) is 0.327. The van der Waals surface area contributed by atoms with E-state index >= 15 is 0 Å². The van der Waals surface area contributed by atoms with Gasteiger partial charge in [0.15, 0.2) is 0 Å². The monoisotopic (exact) mass is 341 g/mol. The summed E-state index contributed by atoms with van der Waals surface area (Å²) in [4.78, 5) is 0.183. The number of benzene rings is 2. The lowest BCUT2D eigenvalue weighted by atomic mass is 10.3. The second-order valence-electron chi connectivity index (χ2n) is 4.21. The number of sulfonamides is 1. The van der Waals surface area contributed by atoms with E-state index in [0.29, 0.717) is 10.7 Å². The molecule has 0 atom stereocenters. The van der Waals surface area contributed by atoms with Crippen molar-refractivity contribution < 1.29 is 8.42 Å². The van der Waals surface area contributed by atoms with Crippen LogP contribution in [-0.4, -0.2) is 15.0 Å². The molecular formula is C15H13Cl2NO2S. The van der Waals surface area contributed by atoms with Crippen LogP contribution in [0.15, 0.2) is 66.1 Å². The molecule has 0 saturated carbocycles. The van der Waals surface area contributed by atoms with Crippen molar-refractivity contribution in [3.8, 4) is 0 Å². The Morgan fingerprint density at radius 2 is 1.71 bits per heavy atom. The normalized spacial score (nSPS) is 11.1. The predicted molar refractivity (Wildman–Crippen MR) is 87.6 cm³/mol. The summed E-state index contributed by atoms with van der Waals surface area (Å²) in [5, 5.41) is 0.493. The highest BCUT2D eigenvalue weighted by atomic mass is 35.5. The first-order valence-corrected chi connectivity index (χ1v) is 8.31. The lowest BCUT2D eigenvalue weighted by Crippen LogP contribution is -2.31. The quantitative estimate of drug-likeness (QED) is 0.757. The fourth-order valence-corrected chi connectivity index (χ4v) is 3.76. The fourth-order valence-electron chi connectivity index (χ4n) is 1.85. The maximum absolute atomic E-state index is 12.8. The highest BCUT2D eigenvalue weighted by Crippen LogP contribution is 2.35. The van der Waals surface area contributed by atoms with Crippen LogP contribution in [-0.2, 0) is 10.0 Å². The molecule has 2 aromatic rings. The molecule has 0 radical (unpaired) electrons. The van der Waals surface area contributed by atoms with Gasteiger partial charge in [0.25, 0.3) is 10.0 Å². The molecule has 0 heterocycles.